The van der Waals surface area contributed by atoms with Crippen molar-refractivity contribution in [3.8, 4) is 0 Å². The van der Waals surface area contributed by atoms with Crippen molar-refractivity contribution in [1.82, 2.24) is 9.21 Å². The minimum atomic E-state index is -3.50. The zero-order valence-corrected chi connectivity index (χ0v) is 16.5. The lowest BCUT2D eigenvalue weighted by Gasteiger charge is -2.32. The molecule has 0 N–H and O–H groups in total. The Labute approximate surface area is 151 Å². The molecule has 6 nitrogen and oxygen atoms in total. The molecule has 0 aromatic heterocycles. The zero-order chi connectivity index (χ0) is 18.5. The van der Waals surface area contributed by atoms with Gasteiger partial charge in [-0.05, 0) is 52.3 Å². The van der Waals surface area contributed by atoms with Gasteiger partial charge in [0.15, 0.2) is 0 Å². The Morgan fingerprint density at radius 1 is 1.00 bits per heavy atom. The van der Waals surface area contributed by atoms with Gasteiger partial charge in [0, 0.05) is 26.2 Å². The van der Waals surface area contributed by atoms with Crippen LogP contribution in [0.1, 0.15) is 27.7 Å². The minimum absolute atomic E-state index is 0.296. The number of hydrogen-bond acceptors (Lipinski definition) is 5. The third-order valence-corrected chi connectivity index (χ3v) is 7.38. The highest BCUT2D eigenvalue weighted by Gasteiger charge is 2.51. The van der Waals surface area contributed by atoms with E-state index in [2.05, 4.69) is 4.90 Å². The molecule has 138 valence electrons. The van der Waals surface area contributed by atoms with E-state index in [0.717, 1.165) is 18.6 Å². The molecule has 1 aromatic rings. The van der Waals surface area contributed by atoms with Gasteiger partial charge < -0.3 is 14.2 Å². The van der Waals surface area contributed by atoms with E-state index >= 15 is 0 Å². The van der Waals surface area contributed by atoms with Crippen LogP contribution < -0.4 is 5.46 Å². The standard InChI is InChI=1S/C17H27BN2O4S/c1-16(2)17(3,4)24-18(23-16)14-7-6-8-15(13-14)25(21,22)20-11-9-19(5)10-12-20/h6-8,13H,9-12H2,1-5H3. The van der Waals surface area contributed by atoms with Gasteiger partial charge in [0.05, 0.1) is 16.1 Å². The average Bonchev–Trinajstić information content (AvgIpc) is 2.76. The van der Waals surface area contributed by atoms with Crippen molar-refractivity contribution in [3.63, 3.8) is 0 Å². The highest BCUT2D eigenvalue weighted by Crippen LogP contribution is 2.36. The van der Waals surface area contributed by atoms with Gasteiger partial charge in [-0.1, -0.05) is 12.1 Å². The summed E-state index contributed by atoms with van der Waals surface area (Å²) in [6, 6.07) is 6.92. The van der Waals surface area contributed by atoms with Gasteiger partial charge in [-0.15, -0.1) is 0 Å². The smallest absolute Gasteiger partial charge is 0.399 e. The topological polar surface area (TPSA) is 59.1 Å². The molecule has 2 aliphatic rings. The summed E-state index contributed by atoms with van der Waals surface area (Å²) in [5.74, 6) is 0. The summed E-state index contributed by atoms with van der Waals surface area (Å²) in [7, 11) is -2.06. The average molecular weight is 366 g/mol. The van der Waals surface area contributed by atoms with Crippen LogP contribution in [-0.2, 0) is 19.3 Å². The minimum Gasteiger partial charge on any atom is -0.399 e. The normalized spacial score (nSPS) is 24.6. The number of likely N-dealkylation sites (N-methyl/N-ethyl adjacent to an activating group) is 1. The SMILES string of the molecule is CN1CCN(S(=O)(=O)c2cccc(B3OC(C)(C)C(C)(C)O3)c2)CC1. The van der Waals surface area contributed by atoms with Crippen LogP contribution in [0, 0.1) is 0 Å². The van der Waals surface area contributed by atoms with E-state index in [1.165, 1.54) is 0 Å². The summed E-state index contributed by atoms with van der Waals surface area (Å²) in [6.45, 7) is 10.5. The first-order valence-corrected chi connectivity index (χ1v) is 10.1. The third-order valence-electron chi connectivity index (χ3n) is 5.48. The van der Waals surface area contributed by atoms with Crippen molar-refractivity contribution < 1.29 is 17.7 Å². The van der Waals surface area contributed by atoms with Crippen LogP contribution in [0.25, 0.3) is 0 Å². The van der Waals surface area contributed by atoms with Gasteiger partial charge in [0.25, 0.3) is 0 Å². The molecule has 0 unspecified atom stereocenters. The van der Waals surface area contributed by atoms with Crippen molar-refractivity contribution in [2.45, 2.75) is 43.8 Å². The van der Waals surface area contributed by atoms with E-state index in [4.69, 9.17) is 9.31 Å². The van der Waals surface area contributed by atoms with E-state index < -0.39 is 28.3 Å². The number of sulfonamides is 1. The predicted molar refractivity (Wildman–Crippen MR) is 98.4 cm³/mol. The van der Waals surface area contributed by atoms with Crippen LogP contribution in [0.3, 0.4) is 0 Å². The largest absolute Gasteiger partial charge is 0.494 e. The van der Waals surface area contributed by atoms with E-state index in [-0.39, 0.29) is 0 Å². The molecular formula is C17H27BN2O4S. The monoisotopic (exact) mass is 366 g/mol. The molecule has 2 fully saturated rings. The van der Waals surface area contributed by atoms with E-state index in [1.54, 1.807) is 22.5 Å². The third kappa shape index (κ3) is 3.50. The molecule has 0 bridgehead atoms. The van der Waals surface area contributed by atoms with Gasteiger partial charge in [-0.2, -0.15) is 4.31 Å². The lowest BCUT2D eigenvalue weighted by atomic mass is 9.79. The molecule has 25 heavy (non-hydrogen) atoms. The van der Waals surface area contributed by atoms with Crippen LogP contribution in [0.5, 0.6) is 0 Å². The second-order valence-electron chi connectivity index (χ2n) is 7.87. The number of hydrogen-bond donors (Lipinski definition) is 0. The number of benzene rings is 1. The van der Waals surface area contributed by atoms with E-state index in [0.29, 0.717) is 18.0 Å². The second-order valence-corrected chi connectivity index (χ2v) is 9.81. The summed E-state index contributed by atoms with van der Waals surface area (Å²) in [5, 5.41) is 0. The van der Waals surface area contributed by atoms with Crippen molar-refractivity contribution in [3.05, 3.63) is 24.3 Å². The molecule has 8 heteroatoms. The Morgan fingerprint density at radius 2 is 1.56 bits per heavy atom. The van der Waals surface area contributed by atoms with Gasteiger partial charge in [-0.3, -0.25) is 0 Å². The first-order valence-electron chi connectivity index (χ1n) is 8.67. The fourth-order valence-corrected chi connectivity index (χ4v) is 4.46. The summed E-state index contributed by atoms with van der Waals surface area (Å²) >= 11 is 0. The Hall–Kier alpha value is -0.925. The Kier molecular flexibility index (Phi) is 4.79. The molecule has 0 saturated carbocycles. The first kappa shape index (κ1) is 18.9. The Morgan fingerprint density at radius 3 is 2.12 bits per heavy atom. The summed E-state index contributed by atoms with van der Waals surface area (Å²) in [4.78, 5) is 2.43. The van der Waals surface area contributed by atoms with Crippen LogP contribution in [0.2, 0.25) is 0 Å². The van der Waals surface area contributed by atoms with Crippen LogP contribution in [0.4, 0.5) is 0 Å². The maximum atomic E-state index is 12.9. The maximum Gasteiger partial charge on any atom is 0.494 e. The first-order chi connectivity index (χ1) is 11.5. The molecule has 0 atom stereocenters. The van der Waals surface area contributed by atoms with E-state index in [1.807, 2.05) is 40.8 Å². The van der Waals surface area contributed by atoms with Gasteiger partial charge in [0.1, 0.15) is 0 Å². The highest BCUT2D eigenvalue weighted by atomic mass is 32.2. The zero-order valence-electron chi connectivity index (χ0n) is 15.7. The van der Waals surface area contributed by atoms with Crippen molar-refractivity contribution >= 4 is 22.6 Å². The fourth-order valence-electron chi connectivity index (χ4n) is 2.98. The molecule has 2 saturated heterocycles. The molecular weight excluding hydrogens is 339 g/mol. The van der Waals surface area contributed by atoms with Crippen molar-refractivity contribution in [2.24, 2.45) is 0 Å². The summed E-state index contributed by atoms with van der Waals surface area (Å²) < 4.78 is 39.5. The van der Waals surface area contributed by atoms with E-state index in [9.17, 15) is 8.42 Å². The van der Waals surface area contributed by atoms with Gasteiger partial charge >= 0.3 is 7.12 Å². The van der Waals surface area contributed by atoms with Crippen LogP contribution >= 0.6 is 0 Å². The van der Waals surface area contributed by atoms with Gasteiger partial charge in [-0.25, -0.2) is 8.42 Å². The fraction of sp³-hybridized carbons (Fsp3) is 0.647. The second kappa shape index (κ2) is 6.35. The molecule has 0 spiro atoms. The van der Waals surface area contributed by atoms with Gasteiger partial charge in [0.2, 0.25) is 10.0 Å². The lowest BCUT2D eigenvalue weighted by molar-refractivity contribution is 0.00578. The molecule has 2 aliphatic heterocycles. The number of rotatable bonds is 3. The Balaban J connectivity index is 1.85. The lowest BCUT2D eigenvalue weighted by Crippen LogP contribution is -2.47. The maximum absolute atomic E-state index is 12.9. The molecule has 0 radical (unpaired) electrons. The summed E-state index contributed by atoms with van der Waals surface area (Å²) in [5.41, 5.74) is -0.178. The molecule has 0 amide bonds. The summed E-state index contributed by atoms with van der Waals surface area (Å²) in [6.07, 6.45) is 0. The van der Waals surface area contributed by atoms with Crippen molar-refractivity contribution in [1.29, 1.82) is 0 Å². The quantitative estimate of drug-likeness (QED) is 0.745. The number of nitrogens with zero attached hydrogens (tertiary/aromatic N) is 2. The van der Waals surface area contributed by atoms with Crippen LogP contribution in [-0.4, -0.2) is 69.2 Å². The van der Waals surface area contributed by atoms with Crippen molar-refractivity contribution in [2.75, 3.05) is 33.2 Å². The Bertz CT molecular complexity index is 727. The molecule has 0 aliphatic carbocycles. The predicted octanol–water partition coefficient (Wildman–Crippen LogP) is 0.922. The highest BCUT2D eigenvalue weighted by molar-refractivity contribution is 7.89. The molecule has 2 heterocycles. The molecule has 3 rings (SSSR count). The molecule has 1 aromatic carbocycles. The van der Waals surface area contributed by atoms with Crippen LogP contribution in [0.15, 0.2) is 29.2 Å². The number of piperazine rings is 1.